The lowest BCUT2D eigenvalue weighted by atomic mass is 10.1. The van der Waals surface area contributed by atoms with E-state index in [0.717, 1.165) is 0 Å². The van der Waals surface area contributed by atoms with Gasteiger partial charge in [0, 0.05) is 13.8 Å². The van der Waals surface area contributed by atoms with Crippen LogP contribution >= 0.6 is 0 Å². The van der Waals surface area contributed by atoms with Gasteiger partial charge in [-0.2, -0.15) is 8.78 Å². The number of halogens is 5. The summed E-state index contributed by atoms with van der Waals surface area (Å²) >= 11 is 0. The molecule has 0 amide bonds. The molecule has 0 bridgehead atoms. The minimum Gasteiger partial charge on any atom is -0.293 e. The van der Waals surface area contributed by atoms with Crippen LogP contribution in [0.25, 0.3) is 0 Å². The lowest BCUT2D eigenvalue weighted by molar-refractivity contribution is -0.520. The van der Waals surface area contributed by atoms with Gasteiger partial charge in [0.1, 0.15) is 0 Å². The van der Waals surface area contributed by atoms with Crippen LogP contribution in [0.5, 0.6) is 0 Å². The molecular weight excluding hydrogens is 223 g/mol. The zero-order chi connectivity index (χ0) is 12.1. The normalized spacial score (nSPS) is 50.1. The Morgan fingerprint density at radius 3 is 1.80 bits per heavy atom. The predicted molar refractivity (Wildman–Crippen MR) is 40.2 cm³/mol. The van der Waals surface area contributed by atoms with E-state index in [1.54, 1.807) is 0 Å². The highest BCUT2D eigenvalue weighted by Gasteiger charge is 2.71. The first kappa shape index (κ1) is 12.4. The lowest BCUT2D eigenvalue weighted by Crippen LogP contribution is -2.66. The molecular formula is C8H9F5O2. The topological polar surface area (TPSA) is 18.5 Å². The summed E-state index contributed by atoms with van der Waals surface area (Å²) in [5, 5.41) is 0. The summed E-state index contributed by atoms with van der Waals surface area (Å²) in [4.78, 5) is 0. The van der Waals surface area contributed by atoms with Crippen LogP contribution in [-0.2, 0) is 9.47 Å². The predicted octanol–water partition coefficient (Wildman–Crippen LogP) is 2.85. The second kappa shape index (κ2) is 2.91. The van der Waals surface area contributed by atoms with Crippen molar-refractivity contribution in [3.63, 3.8) is 0 Å². The van der Waals surface area contributed by atoms with Gasteiger partial charge in [-0.25, -0.2) is 13.2 Å². The van der Waals surface area contributed by atoms with Gasteiger partial charge >= 0.3 is 12.0 Å². The summed E-state index contributed by atoms with van der Waals surface area (Å²) in [5.41, 5.74) is 0. The molecule has 1 aliphatic rings. The van der Waals surface area contributed by atoms with Gasteiger partial charge in [0.05, 0.1) is 0 Å². The number of hydrogen-bond donors (Lipinski definition) is 0. The molecule has 0 N–H and O–H groups in total. The molecule has 1 saturated heterocycles. The highest BCUT2D eigenvalue weighted by atomic mass is 19.3. The van der Waals surface area contributed by atoms with Crippen LogP contribution in [0.2, 0.25) is 0 Å². The first-order valence-corrected chi connectivity index (χ1v) is 3.96. The highest BCUT2D eigenvalue weighted by Crippen LogP contribution is 2.51. The molecule has 0 saturated carbocycles. The molecule has 88 valence electrons. The minimum atomic E-state index is -4.59. The van der Waals surface area contributed by atoms with Crippen molar-refractivity contribution in [2.75, 3.05) is 0 Å². The van der Waals surface area contributed by atoms with Crippen LogP contribution in [0, 0.1) is 0 Å². The second-order valence-electron chi connectivity index (χ2n) is 3.40. The standard InChI is InChI=1S/C8H9F5O2/c1-4-7(11)5(2,9)15-8(12,13)6(3,10)14-7/h4H,1H2,2-3H3. The molecule has 0 aliphatic carbocycles. The van der Waals surface area contributed by atoms with Crippen molar-refractivity contribution in [2.24, 2.45) is 0 Å². The van der Waals surface area contributed by atoms with Crippen LogP contribution in [0.3, 0.4) is 0 Å². The molecule has 3 atom stereocenters. The van der Waals surface area contributed by atoms with Gasteiger partial charge in [-0.05, 0) is 6.08 Å². The smallest absolute Gasteiger partial charge is 0.293 e. The van der Waals surface area contributed by atoms with Crippen molar-refractivity contribution in [3.05, 3.63) is 12.7 Å². The van der Waals surface area contributed by atoms with E-state index in [-0.39, 0.29) is 13.0 Å². The molecule has 15 heavy (non-hydrogen) atoms. The quantitative estimate of drug-likeness (QED) is 0.511. The van der Waals surface area contributed by atoms with Gasteiger partial charge in [0.2, 0.25) is 0 Å². The van der Waals surface area contributed by atoms with E-state index in [4.69, 9.17) is 0 Å². The number of rotatable bonds is 1. The third kappa shape index (κ3) is 1.63. The molecule has 1 aliphatic heterocycles. The van der Waals surface area contributed by atoms with Crippen molar-refractivity contribution in [1.29, 1.82) is 0 Å². The molecule has 0 spiro atoms. The van der Waals surface area contributed by atoms with E-state index in [1.807, 2.05) is 0 Å². The van der Waals surface area contributed by atoms with Crippen LogP contribution in [0.4, 0.5) is 22.0 Å². The van der Waals surface area contributed by atoms with Gasteiger partial charge < -0.3 is 0 Å². The molecule has 0 aromatic rings. The summed E-state index contributed by atoms with van der Waals surface area (Å²) in [6.45, 7) is 3.43. The summed E-state index contributed by atoms with van der Waals surface area (Å²) in [6, 6.07) is 0. The second-order valence-corrected chi connectivity index (χ2v) is 3.40. The SMILES string of the molecule is C=CC1(F)OC(C)(F)C(F)(F)OC1(C)F. The Balaban J connectivity index is 3.16. The number of hydrogen-bond acceptors (Lipinski definition) is 2. The number of ether oxygens (including phenoxy) is 2. The average molecular weight is 232 g/mol. The van der Waals surface area contributed by atoms with Crippen LogP contribution in [0.1, 0.15) is 13.8 Å². The Hall–Kier alpha value is -0.690. The fourth-order valence-corrected chi connectivity index (χ4v) is 1.05. The monoisotopic (exact) mass is 232 g/mol. The van der Waals surface area contributed by atoms with E-state index in [1.165, 1.54) is 0 Å². The van der Waals surface area contributed by atoms with Crippen molar-refractivity contribution < 1.29 is 31.4 Å². The van der Waals surface area contributed by atoms with Crippen molar-refractivity contribution in [1.82, 2.24) is 0 Å². The highest BCUT2D eigenvalue weighted by molar-refractivity contribution is 5.03. The molecule has 7 heteroatoms. The maximum Gasteiger partial charge on any atom is 0.417 e. The van der Waals surface area contributed by atoms with E-state index in [9.17, 15) is 22.0 Å². The van der Waals surface area contributed by atoms with Crippen LogP contribution < -0.4 is 0 Å². The lowest BCUT2D eigenvalue weighted by Gasteiger charge is -2.46. The van der Waals surface area contributed by atoms with Crippen LogP contribution in [-0.4, -0.2) is 23.7 Å². The summed E-state index contributed by atoms with van der Waals surface area (Å²) in [5.74, 6) is -10.8. The summed E-state index contributed by atoms with van der Waals surface area (Å²) in [7, 11) is 0. The molecule has 1 rings (SSSR count). The van der Waals surface area contributed by atoms with E-state index >= 15 is 0 Å². The van der Waals surface area contributed by atoms with E-state index < -0.39 is 23.7 Å². The Labute approximate surface area is 82.7 Å². The zero-order valence-corrected chi connectivity index (χ0v) is 7.99. The first-order chi connectivity index (χ1) is 6.47. The van der Waals surface area contributed by atoms with Gasteiger partial charge in [-0.3, -0.25) is 9.47 Å². The molecule has 0 radical (unpaired) electrons. The Kier molecular flexibility index (Phi) is 2.40. The zero-order valence-electron chi connectivity index (χ0n) is 7.99. The average Bonchev–Trinajstić information content (AvgIpc) is 1.98. The van der Waals surface area contributed by atoms with Gasteiger partial charge in [0.15, 0.2) is 0 Å². The van der Waals surface area contributed by atoms with Gasteiger partial charge in [-0.1, -0.05) is 6.58 Å². The Morgan fingerprint density at radius 2 is 1.40 bits per heavy atom. The van der Waals surface area contributed by atoms with Gasteiger partial charge in [-0.15, -0.1) is 0 Å². The molecule has 3 unspecified atom stereocenters. The first-order valence-electron chi connectivity index (χ1n) is 3.96. The fraction of sp³-hybridized carbons (Fsp3) is 0.750. The maximum atomic E-state index is 13.5. The molecule has 1 heterocycles. The van der Waals surface area contributed by atoms with Crippen molar-refractivity contribution in [2.45, 2.75) is 37.5 Å². The van der Waals surface area contributed by atoms with Gasteiger partial charge in [0.25, 0.3) is 11.7 Å². The summed E-state index contributed by atoms with van der Waals surface area (Å²) < 4.78 is 72.7. The molecule has 0 aromatic heterocycles. The molecule has 0 aromatic carbocycles. The third-order valence-corrected chi connectivity index (χ3v) is 2.05. The summed E-state index contributed by atoms with van der Waals surface area (Å²) in [6.07, 6.45) is -4.37. The van der Waals surface area contributed by atoms with E-state index in [0.29, 0.717) is 6.92 Å². The van der Waals surface area contributed by atoms with Crippen molar-refractivity contribution >= 4 is 0 Å². The van der Waals surface area contributed by atoms with Crippen molar-refractivity contribution in [3.8, 4) is 0 Å². The Bertz CT molecular complexity index is 289. The third-order valence-electron chi connectivity index (χ3n) is 2.05. The number of alkyl halides is 5. The maximum absolute atomic E-state index is 13.5. The van der Waals surface area contributed by atoms with E-state index in [2.05, 4.69) is 16.1 Å². The van der Waals surface area contributed by atoms with Crippen LogP contribution in [0.15, 0.2) is 12.7 Å². The minimum absolute atomic E-state index is 0.222. The molecule has 2 nitrogen and oxygen atoms in total. The molecule has 1 fully saturated rings. The Morgan fingerprint density at radius 1 is 0.933 bits per heavy atom. The fourth-order valence-electron chi connectivity index (χ4n) is 1.05. The largest absolute Gasteiger partial charge is 0.417 e.